The van der Waals surface area contributed by atoms with Gasteiger partial charge in [-0.05, 0) is 0 Å². The van der Waals surface area contributed by atoms with E-state index >= 15 is 0 Å². The number of carboxylic acids is 1. The van der Waals surface area contributed by atoms with Crippen LogP contribution in [0.2, 0.25) is 0 Å². The van der Waals surface area contributed by atoms with Crippen molar-refractivity contribution in [2.45, 2.75) is 6.42 Å². The summed E-state index contributed by atoms with van der Waals surface area (Å²) in [5.74, 6) is -0.781. The van der Waals surface area contributed by atoms with Gasteiger partial charge in [0.1, 0.15) is 0 Å². The average Bonchev–Trinajstić information content (AvgIpc) is 2.68. The second-order valence-corrected chi connectivity index (χ2v) is 15.1. The van der Waals surface area contributed by atoms with Gasteiger partial charge in [0, 0.05) is 0 Å². The molecule has 128 valence electrons. The molecule has 0 heterocycles. The Kier molecular flexibility index (Phi) is 5.08. The minimum absolute atomic E-state index is 0.0990. The van der Waals surface area contributed by atoms with Crippen LogP contribution in [0.4, 0.5) is 0 Å². The average molecular weight is 415 g/mol. The van der Waals surface area contributed by atoms with Gasteiger partial charge in [-0.15, -0.1) is 0 Å². The first-order valence-corrected chi connectivity index (χ1v) is 12.6. The molecule has 0 atom stereocenters. The van der Waals surface area contributed by atoms with Crippen LogP contribution < -0.4 is 15.9 Å². The van der Waals surface area contributed by atoms with Gasteiger partial charge in [-0.3, -0.25) is 0 Å². The first kappa shape index (κ1) is 17.8. The predicted octanol–water partition coefficient (Wildman–Crippen LogP) is 4.30. The zero-order valence-corrected chi connectivity index (χ0v) is 16.2. The van der Waals surface area contributed by atoms with Crippen LogP contribution in [0.15, 0.2) is 91.0 Å². The Balaban J connectivity index is 2.38. The Morgan fingerprint density at radius 3 is 1.32 bits per heavy atom. The molecule has 25 heavy (non-hydrogen) atoms. The fourth-order valence-corrected chi connectivity index (χ4v) is 10.7. The number of aliphatic carboxylic acids is 1. The number of carbonyl (C=O) groups is 1. The SMILES string of the molecule is O=C(O)CCP(Br)(c1ccccc1)(c1ccccc1)c1ccccc1. The van der Waals surface area contributed by atoms with Gasteiger partial charge >= 0.3 is 156 Å². The molecule has 0 aliphatic rings. The van der Waals surface area contributed by atoms with Crippen molar-refractivity contribution in [3.63, 3.8) is 0 Å². The van der Waals surface area contributed by atoms with Crippen molar-refractivity contribution in [2.75, 3.05) is 6.16 Å². The molecule has 3 rings (SSSR count). The van der Waals surface area contributed by atoms with E-state index in [1.165, 1.54) is 0 Å². The van der Waals surface area contributed by atoms with Crippen molar-refractivity contribution in [1.82, 2.24) is 0 Å². The number of halogens is 1. The van der Waals surface area contributed by atoms with Gasteiger partial charge in [-0.2, -0.15) is 0 Å². The number of benzene rings is 3. The third kappa shape index (κ3) is 3.15. The first-order chi connectivity index (χ1) is 12.1. The van der Waals surface area contributed by atoms with Crippen LogP contribution >= 0.6 is 20.8 Å². The van der Waals surface area contributed by atoms with E-state index in [9.17, 15) is 9.90 Å². The molecular weight excluding hydrogens is 395 g/mol. The van der Waals surface area contributed by atoms with E-state index < -0.39 is 11.3 Å². The molecule has 0 saturated heterocycles. The van der Waals surface area contributed by atoms with Crippen molar-refractivity contribution < 1.29 is 9.90 Å². The predicted molar refractivity (Wildman–Crippen MR) is 111 cm³/mol. The second-order valence-electron chi connectivity index (χ2n) is 6.06. The molecule has 1 N–H and O–H groups in total. The normalized spacial score (nSPS) is 12.9. The zero-order valence-electron chi connectivity index (χ0n) is 13.8. The molecule has 0 aromatic heterocycles. The number of rotatable bonds is 6. The maximum atomic E-state index is 11.5. The van der Waals surface area contributed by atoms with Crippen LogP contribution in [0.5, 0.6) is 0 Å². The summed E-state index contributed by atoms with van der Waals surface area (Å²) in [4.78, 5) is 11.5. The van der Waals surface area contributed by atoms with Gasteiger partial charge < -0.3 is 0 Å². The molecule has 0 unspecified atom stereocenters. The summed E-state index contributed by atoms with van der Waals surface area (Å²) in [5.41, 5.74) is 0. The molecule has 4 heteroatoms. The van der Waals surface area contributed by atoms with E-state index in [-0.39, 0.29) is 6.42 Å². The molecule has 0 radical (unpaired) electrons. The van der Waals surface area contributed by atoms with E-state index in [1.807, 2.05) is 54.6 Å². The summed E-state index contributed by atoms with van der Waals surface area (Å²) >= 11 is 4.21. The molecule has 0 bridgehead atoms. The number of carboxylic acid groups (broad SMARTS) is 1. The van der Waals surface area contributed by atoms with Gasteiger partial charge in [-0.25, -0.2) is 0 Å². The molecule has 3 aromatic rings. The van der Waals surface area contributed by atoms with Crippen LogP contribution in [-0.4, -0.2) is 17.2 Å². The van der Waals surface area contributed by atoms with Crippen molar-refractivity contribution in [1.29, 1.82) is 0 Å². The quantitative estimate of drug-likeness (QED) is 0.610. The third-order valence-corrected chi connectivity index (χ3v) is 14.6. The Morgan fingerprint density at radius 1 is 0.720 bits per heavy atom. The van der Waals surface area contributed by atoms with Crippen molar-refractivity contribution >= 4 is 42.7 Å². The van der Waals surface area contributed by atoms with Crippen molar-refractivity contribution in [2.24, 2.45) is 0 Å². The molecule has 0 fully saturated rings. The molecule has 0 aliphatic carbocycles. The van der Waals surface area contributed by atoms with E-state index in [0.717, 1.165) is 15.9 Å². The van der Waals surface area contributed by atoms with Gasteiger partial charge in [0.05, 0.1) is 0 Å². The molecule has 0 amide bonds. The zero-order chi connectivity index (χ0) is 17.8. The summed E-state index contributed by atoms with van der Waals surface area (Å²) in [5, 5.41) is 9.80. The van der Waals surface area contributed by atoms with Gasteiger partial charge in [-0.1, -0.05) is 0 Å². The Morgan fingerprint density at radius 2 is 1.04 bits per heavy atom. The van der Waals surface area contributed by atoms with Crippen molar-refractivity contribution in [3.05, 3.63) is 91.0 Å². The molecule has 0 saturated carbocycles. The minimum atomic E-state index is -3.06. The van der Waals surface area contributed by atoms with E-state index in [4.69, 9.17) is 0 Å². The summed E-state index contributed by atoms with van der Waals surface area (Å²) in [6.07, 6.45) is 0.626. The third-order valence-electron chi connectivity index (χ3n) is 4.63. The fraction of sp³-hybridized carbons (Fsp3) is 0.0952. The van der Waals surface area contributed by atoms with Gasteiger partial charge in [0.15, 0.2) is 0 Å². The molecule has 3 aromatic carbocycles. The second kappa shape index (κ2) is 7.11. The molecule has 0 spiro atoms. The van der Waals surface area contributed by atoms with Crippen LogP contribution in [-0.2, 0) is 4.79 Å². The monoisotopic (exact) mass is 414 g/mol. The van der Waals surface area contributed by atoms with E-state index in [0.29, 0.717) is 6.16 Å². The van der Waals surface area contributed by atoms with Gasteiger partial charge in [0.25, 0.3) is 0 Å². The van der Waals surface area contributed by atoms with Gasteiger partial charge in [0.2, 0.25) is 0 Å². The van der Waals surface area contributed by atoms with Crippen molar-refractivity contribution in [3.8, 4) is 0 Å². The Hall–Kier alpha value is -1.96. The first-order valence-electron chi connectivity index (χ1n) is 8.17. The maximum absolute atomic E-state index is 11.5. The van der Waals surface area contributed by atoms with E-state index in [2.05, 4.69) is 51.9 Å². The summed E-state index contributed by atoms with van der Waals surface area (Å²) < 4.78 is 0. The standard InChI is InChI=1S/C21H20BrO2P/c22-25(17-16-21(23)24,18-10-4-1-5-11-18,19-12-6-2-7-13-19)20-14-8-3-9-15-20/h1-15H,16-17H2,(H,23,24). The molecule has 0 aliphatic heterocycles. The van der Waals surface area contributed by atoms with Crippen LogP contribution in [0.1, 0.15) is 6.42 Å². The molecular formula is C21H20BrO2P. The van der Waals surface area contributed by atoms with Crippen LogP contribution in [0.3, 0.4) is 0 Å². The summed E-state index contributed by atoms with van der Waals surface area (Å²) in [7, 11) is 0. The summed E-state index contributed by atoms with van der Waals surface area (Å²) in [6.45, 7) is 0. The van der Waals surface area contributed by atoms with Crippen LogP contribution in [0.25, 0.3) is 0 Å². The number of hydrogen-bond donors (Lipinski definition) is 1. The van der Waals surface area contributed by atoms with Crippen LogP contribution in [0, 0.1) is 0 Å². The van der Waals surface area contributed by atoms with E-state index in [1.54, 1.807) is 0 Å². The Bertz CT molecular complexity index is 751. The fourth-order valence-electron chi connectivity index (χ4n) is 3.36. The Labute approximate surface area is 156 Å². The summed E-state index contributed by atoms with van der Waals surface area (Å²) in [6, 6.07) is 30.7. The molecule has 2 nitrogen and oxygen atoms in total. The topological polar surface area (TPSA) is 37.3 Å². The number of hydrogen-bond acceptors (Lipinski definition) is 1.